The molecule has 2 amide bonds. The number of halogens is 1. The number of fused-ring (bicyclic) bond motifs is 1. The minimum absolute atomic E-state index is 0. The van der Waals surface area contributed by atoms with Gasteiger partial charge in [0.05, 0.1) is 12.6 Å². The van der Waals surface area contributed by atoms with Gasteiger partial charge in [0.2, 0.25) is 0 Å². The van der Waals surface area contributed by atoms with Crippen LogP contribution in [0.25, 0.3) is 0 Å². The molecule has 1 unspecified atom stereocenters. The van der Waals surface area contributed by atoms with E-state index in [0.29, 0.717) is 44.8 Å². The van der Waals surface area contributed by atoms with E-state index in [1.54, 1.807) is 4.90 Å². The largest absolute Gasteiger partial charge is 0.444 e. The molecule has 0 aliphatic carbocycles. The molecule has 32 heavy (non-hydrogen) atoms. The SMILES string of the molecule is CCN(CC)C(=O)c1ccc(CNC2=NCC3CN(C(=O)OC(C)(C)C)CCN23)cc1.I. The number of benzene rings is 1. The number of nitrogens with one attached hydrogen (secondary N) is 1. The molecule has 2 aliphatic heterocycles. The zero-order valence-corrected chi connectivity index (χ0v) is 22.1. The molecule has 1 atom stereocenters. The van der Waals surface area contributed by atoms with Gasteiger partial charge in [0.1, 0.15) is 5.60 Å². The van der Waals surface area contributed by atoms with Crippen molar-refractivity contribution in [1.82, 2.24) is 20.0 Å². The van der Waals surface area contributed by atoms with E-state index in [-0.39, 0.29) is 42.0 Å². The molecule has 1 aromatic rings. The van der Waals surface area contributed by atoms with Gasteiger partial charge in [-0.05, 0) is 52.3 Å². The second-order valence-electron chi connectivity index (χ2n) is 8.97. The topological polar surface area (TPSA) is 77.5 Å². The summed E-state index contributed by atoms with van der Waals surface area (Å²) in [6.07, 6.45) is -0.257. The van der Waals surface area contributed by atoms with E-state index >= 15 is 0 Å². The number of carbonyl (C=O) groups is 2. The molecule has 0 spiro atoms. The number of hydrogen-bond donors (Lipinski definition) is 1. The van der Waals surface area contributed by atoms with Gasteiger partial charge in [-0.15, -0.1) is 24.0 Å². The first-order valence-corrected chi connectivity index (χ1v) is 11.1. The molecule has 178 valence electrons. The number of nitrogens with zero attached hydrogens (tertiary/aromatic N) is 4. The van der Waals surface area contributed by atoms with Crippen LogP contribution in [0.1, 0.15) is 50.5 Å². The summed E-state index contributed by atoms with van der Waals surface area (Å²) >= 11 is 0. The number of carbonyl (C=O) groups excluding carboxylic acids is 2. The average molecular weight is 557 g/mol. The van der Waals surface area contributed by atoms with Gasteiger partial charge in [-0.2, -0.15) is 0 Å². The Bertz CT molecular complexity index is 818. The maximum atomic E-state index is 12.4. The van der Waals surface area contributed by atoms with E-state index in [4.69, 9.17) is 4.74 Å². The van der Waals surface area contributed by atoms with Crippen LogP contribution in [-0.2, 0) is 11.3 Å². The van der Waals surface area contributed by atoms with Gasteiger partial charge in [-0.1, -0.05) is 12.1 Å². The molecule has 8 nitrogen and oxygen atoms in total. The highest BCUT2D eigenvalue weighted by Gasteiger charge is 2.36. The summed E-state index contributed by atoms with van der Waals surface area (Å²) in [4.78, 5) is 35.3. The number of aliphatic imine (C=N–C) groups is 1. The van der Waals surface area contributed by atoms with Crippen LogP contribution in [-0.4, -0.2) is 83.6 Å². The molecule has 9 heteroatoms. The van der Waals surface area contributed by atoms with Crippen LogP contribution >= 0.6 is 24.0 Å². The van der Waals surface area contributed by atoms with Crippen LogP contribution in [0.4, 0.5) is 4.79 Å². The van der Waals surface area contributed by atoms with Gasteiger partial charge in [-0.25, -0.2) is 4.79 Å². The Morgan fingerprint density at radius 1 is 1.16 bits per heavy atom. The maximum Gasteiger partial charge on any atom is 0.410 e. The minimum Gasteiger partial charge on any atom is -0.444 e. The van der Waals surface area contributed by atoms with Crippen LogP contribution in [0, 0.1) is 0 Å². The van der Waals surface area contributed by atoms with E-state index in [2.05, 4.69) is 15.2 Å². The first-order valence-electron chi connectivity index (χ1n) is 11.1. The van der Waals surface area contributed by atoms with Gasteiger partial charge in [-0.3, -0.25) is 9.79 Å². The van der Waals surface area contributed by atoms with Crippen molar-refractivity contribution in [3.05, 3.63) is 35.4 Å². The fraction of sp³-hybridized carbons (Fsp3) is 0.609. The van der Waals surface area contributed by atoms with Crippen molar-refractivity contribution in [3.63, 3.8) is 0 Å². The second-order valence-corrected chi connectivity index (χ2v) is 8.97. The number of ether oxygens (including phenoxy) is 1. The van der Waals surface area contributed by atoms with Gasteiger partial charge in [0.25, 0.3) is 5.91 Å². The number of amides is 2. The first-order chi connectivity index (χ1) is 14.7. The van der Waals surface area contributed by atoms with Gasteiger partial charge in [0.15, 0.2) is 5.96 Å². The lowest BCUT2D eigenvalue weighted by Gasteiger charge is -2.39. The van der Waals surface area contributed by atoms with E-state index in [9.17, 15) is 9.59 Å². The van der Waals surface area contributed by atoms with E-state index in [0.717, 1.165) is 18.1 Å². The molecule has 1 saturated heterocycles. The van der Waals surface area contributed by atoms with E-state index < -0.39 is 5.60 Å². The highest BCUT2D eigenvalue weighted by atomic mass is 127. The average Bonchev–Trinajstić information content (AvgIpc) is 3.14. The molecule has 0 aromatic heterocycles. The summed E-state index contributed by atoms with van der Waals surface area (Å²) in [6.45, 7) is 14.3. The van der Waals surface area contributed by atoms with E-state index in [1.807, 2.05) is 63.8 Å². The van der Waals surface area contributed by atoms with Crippen LogP contribution in [0.2, 0.25) is 0 Å². The normalized spacial score (nSPS) is 17.8. The quantitative estimate of drug-likeness (QED) is 0.563. The maximum absolute atomic E-state index is 12.4. The standard InChI is InChI=1S/C23H35N5O3.HI/c1-6-26(7-2)20(29)18-10-8-17(9-11-18)14-24-21-25-15-19-16-27(12-13-28(19)21)22(30)31-23(3,4)5;/h8-11,19H,6-7,12-16H2,1-5H3,(H,24,25);1H. The number of rotatable bonds is 5. The van der Waals surface area contributed by atoms with Crippen LogP contribution in [0.15, 0.2) is 29.3 Å². The molecule has 1 N–H and O–H groups in total. The summed E-state index contributed by atoms with van der Waals surface area (Å²) in [5.74, 6) is 0.938. The number of guanidine groups is 1. The zero-order chi connectivity index (χ0) is 22.6. The monoisotopic (exact) mass is 557 g/mol. The molecule has 0 bridgehead atoms. The molecular weight excluding hydrogens is 521 g/mol. The highest BCUT2D eigenvalue weighted by molar-refractivity contribution is 14.0. The van der Waals surface area contributed by atoms with Gasteiger partial charge < -0.3 is 24.8 Å². The van der Waals surface area contributed by atoms with Crippen LogP contribution in [0.3, 0.4) is 0 Å². The van der Waals surface area contributed by atoms with Gasteiger partial charge >= 0.3 is 6.09 Å². The molecule has 3 rings (SSSR count). The predicted molar refractivity (Wildman–Crippen MR) is 137 cm³/mol. The van der Waals surface area contributed by atoms with Crippen molar-refractivity contribution in [2.45, 2.75) is 52.8 Å². The summed E-state index contributed by atoms with van der Waals surface area (Å²) < 4.78 is 5.50. The van der Waals surface area contributed by atoms with Crippen molar-refractivity contribution in [2.75, 3.05) is 39.3 Å². The summed E-state index contributed by atoms with van der Waals surface area (Å²) in [5, 5.41) is 3.42. The molecular formula is C23H36IN5O3. The Balaban J connectivity index is 0.00000363. The van der Waals surface area contributed by atoms with Crippen molar-refractivity contribution < 1.29 is 14.3 Å². The lowest BCUT2D eigenvalue weighted by molar-refractivity contribution is 0.0137. The lowest BCUT2D eigenvalue weighted by Crippen LogP contribution is -2.57. The van der Waals surface area contributed by atoms with Crippen molar-refractivity contribution in [3.8, 4) is 0 Å². The van der Waals surface area contributed by atoms with Crippen LogP contribution < -0.4 is 5.32 Å². The predicted octanol–water partition coefficient (Wildman–Crippen LogP) is 3.17. The third-order valence-corrected chi connectivity index (χ3v) is 5.56. The fourth-order valence-electron chi connectivity index (χ4n) is 3.86. The Morgan fingerprint density at radius 2 is 1.81 bits per heavy atom. The minimum atomic E-state index is -0.487. The Hall–Kier alpha value is -2.04. The first kappa shape index (κ1) is 26.2. The molecule has 2 heterocycles. The highest BCUT2D eigenvalue weighted by Crippen LogP contribution is 2.19. The Kier molecular flexibility index (Phi) is 9.18. The molecule has 0 saturated carbocycles. The summed E-state index contributed by atoms with van der Waals surface area (Å²) in [6, 6.07) is 7.92. The van der Waals surface area contributed by atoms with E-state index in [1.165, 1.54) is 0 Å². The third-order valence-electron chi connectivity index (χ3n) is 5.56. The Labute approximate surface area is 208 Å². The van der Waals surface area contributed by atoms with Crippen molar-refractivity contribution in [2.24, 2.45) is 4.99 Å². The number of piperazine rings is 1. The van der Waals surface area contributed by atoms with Crippen molar-refractivity contribution in [1.29, 1.82) is 0 Å². The van der Waals surface area contributed by atoms with Crippen LogP contribution in [0.5, 0.6) is 0 Å². The molecule has 1 aromatic carbocycles. The molecule has 2 aliphatic rings. The molecule has 1 fully saturated rings. The zero-order valence-electron chi connectivity index (χ0n) is 19.8. The van der Waals surface area contributed by atoms with Gasteiger partial charge in [0, 0.05) is 44.8 Å². The lowest BCUT2D eigenvalue weighted by atomic mass is 10.1. The molecule has 0 radical (unpaired) electrons. The Morgan fingerprint density at radius 3 is 2.41 bits per heavy atom. The number of hydrogen-bond acceptors (Lipinski definition) is 6. The summed E-state index contributed by atoms with van der Waals surface area (Å²) in [7, 11) is 0. The third kappa shape index (κ3) is 6.49. The fourth-order valence-corrected chi connectivity index (χ4v) is 3.86. The smallest absolute Gasteiger partial charge is 0.410 e. The second kappa shape index (κ2) is 11.2. The van der Waals surface area contributed by atoms with Crippen molar-refractivity contribution >= 4 is 41.9 Å². The summed E-state index contributed by atoms with van der Waals surface area (Å²) in [5.41, 5.74) is 1.32.